The minimum atomic E-state index is -3.67. The number of nitrogen functional groups attached to an aromatic ring is 1. The van der Waals surface area contributed by atoms with Crippen LogP contribution in [0.2, 0.25) is 0 Å². The molecule has 0 unspecified atom stereocenters. The molecule has 0 saturated heterocycles. The summed E-state index contributed by atoms with van der Waals surface area (Å²) in [5.41, 5.74) is 8.20. The van der Waals surface area contributed by atoms with Crippen LogP contribution >= 0.6 is 0 Å². The van der Waals surface area contributed by atoms with Crippen molar-refractivity contribution >= 4 is 38.0 Å². The van der Waals surface area contributed by atoms with Gasteiger partial charge >= 0.3 is 0 Å². The smallest absolute Gasteiger partial charge is 0.261 e. The predicted molar refractivity (Wildman–Crippen MR) is 93.1 cm³/mol. The first-order valence-electron chi connectivity index (χ1n) is 6.67. The van der Waals surface area contributed by atoms with Gasteiger partial charge < -0.3 is 10.8 Å². The quantitative estimate of drug-likeness (QED) is 0.429. The third-order valence-corrected chi connectivity index (χ3v) is 2.87. The summed E-state index contributed by atoms with van der Waals surface area (Å²) in [5, 5.41) is 27.0. The van der Waals surface area contributed by atoms with Gasteiger partial charge in [0.1, 0.15) is 11.4 Å². The highest BCUT2D eigenvalue weighted by molar-refractivity contribution is 7.85. The summed E-state index contributed by atoms with van der Waals surface area (Å²) in [7, 11) is -0.552. The maximum Gasteiger partial charge on any atom is 0.261 e. The molecule has 2 rings (SSSR count). The van der Waals surface area contributed by atoms with E-state index in [1.165, 1.54) is 0 Å². The van der Waals surface area contributed by atoms with Gasteiger partial charge in [0.15, 0.2) is 5.75 Å². The molecule has 0 fully saturated rings. The molecule has 0 aliphatic rings. The fraction of sp³-hybridized carbons (Fsp3) is 0.286. The summed E-state index contributed by atoms with van der Waals surface area (Å²) in [5.74, 6) is 0.0197. The fourth-order valence-corrected chi connectivity index (χ4v) is 2.04. The minimum Gasteiger partial charge on any atom is -0.505 e. The first-order chi connectivity index (χ1) is 11.1. The number of azo groups is 2. The van der Waals surface area contributed by atoms with E-state index < -0.39 is 10.1 Å². The lowest BCUT2D eigenvalue weighted by atomic mass is 10.0. The van der Waals surface area contributed by atoms with E-state index in [9.17, 15) is 13.5 Å². The van der Waals surface area contributed by atoms with Gasteiger partial charge in [-0.3, -0.25) is 4.55 Å². The van der Waals surface area contributed by atoms with Crippen molar-refractivity contribution in [2.24, 2.45) is 20.5 Å². The SMILES string of the molecule is CN=Nc1ccc2cc(C)c(N=NC)c(O)c2c1N.CS(=O)(=O)O. The third kappa shape index (κ3) is 4.96. The van der Waals surface area contributed by atoms with Crippen LogP contribution in [0.4, 0.5) is 17.1 Å². The molecule has 2 aromatic rings. The van der Waals surface area contributed by atoms with Gasteiger partial charge in [-0.1, -0.05) is 6.07 Å². The summed E-state index contributed by atoms with van der Waals surface area (Å²) >= 11 is 0. The number of hydrogen-bond donors (Lipinski definition) is 3. The number of nitrogens with two attached hydrogens (primary N) is 1. The number of rotatable bonds is 2. The van der Waals surface area contributed by atoms with E-state index in [-0.39, 0.29) is 5.75 Å². The van der Waals surface area contributed by atoms with Crippen LogP contribution in [0.3, 0.4) is 0 Å². The lowest BCUT2D eigenvalue weighted by molar-refractivity contribution is 0.482. The van der Waals surface area contributed by atoms with Crippen LogP contribution < -0.4 is 5.73 Å². The number of phenols is 1. The summed E-state index contributed by atoms with van der Waals surface area (Å²) in [4.78, 5) is 0. The van der Waals surface area contributed by atoms with Gasteiger partial charge in [-0.05, 0) is 30.0 Å². The molecule has 0 bridgehead atoms. The molecule has 0 aliphatic carbocycles. The summed E-state index contributed by atoms with van der Waals surface area (Å²) in [6, 6.07) is 5.52. The topological polar surface area (TPSA) is 150 Å². The summed E-state index contributed by atoms with van der Waals surface area (Å²) in [6.07, 6.45) is 0.715. The standard InChI is InChI=1S/C13H15N5O.CH4O3S/c1-7-6-8-4-5-9(17-15-2)11(14)10(8)13(19)12(7)18-16-3;1-5(2,3)4/h4-6,19H,14H2,1-3H3;1H3,(H,2,3,4). The lowest BCUT2D eigenvalue weighted by Crippen LogP contribution is -1.90. The largest absolute Gasteiger partial charge is 0.505 e. The number of benzene rings is 2. The number of phenolic OH excluding ortho intramolecular Hbond substituents is 1. The van der Waals surface area contributed by atoms with E-state index in [2.05, 4.69) is 20.5 Å². The Morgan fingerprint density at radius 3 is 2.17 bits per heavy atom. The molecular weight excluding hydrogens is 334 g/mol. The van der Waals surface area contributed by atoms with Crippen molar-refractivity contribution in [2.45, 2.75) is 6.92 Å². The van der Waals surface area contributed by atoms with E-state index >= 15 is 0 Å². The Kier molecular flexibility index (Phi) is 6.32. The van der Waals surface area contributed by atoms with Crippen molar-refractivity contribution in [1.29, 1.82) is 0 Å². The molecule has 0 heterocycles. The minimum absolute atomic E-state index is 0.0197. The van der Waals surface area contributed by atoms with Gasteiger partial charge in [0.2, 0.25) is 0 Å². The number of aryl methyl sites for hydroxylation is 1. The molecule has 0 spiro atoms. The molecular formula is C14H19N5O4S. The zero-order chi connectivity index (χ0) is 18.5. The Balaban J connectivity index is 0.000000505. The Labute approximate surface area is 139 Å². The second-order valence-corrected chi connectivity index (χ2v) is 6.29. The van der Waals surface area contributed by atoms with Gasteiger partial charge in [0, 0.05) is 14.1 Å². The average molecular weight is 353 g/mol. The van der Waals surface area contributed by atoms with E-state index in [0.29, 0.717) is 28.7 Å². The highest BCUT2D eigenvalue weighted by atomic mass is 32.2. The molecule has 10 heteroatoms. The van der Waals surface area contributed by atoms with Crippen LogP contribution in [0.5, 0.6) is 5.75 Å². The average Bonchev–Trinajstić information content (AvgIpc) is 2.44. The van der Waals surface area contributed by atoms with Crippen LogP contribution in [0.25, 0.3) is 10.8 Å². The lowest BCUT2D eigenvalue weighted by Gasteiger charge is -2.10. The molecule has 0 aliphatic heterocycles. The molecule has 0 amide bonds. The molecule has 4 N–H and O–H groups in total. The summed E-state index contributed by atoms with van der Waals surface area (Å²) < 4.78 is 25.9. The number of anilines is 1. The molecule has 0 saturated carbocycles. The molecule has 2 aromatic carbocycles. The molecule has 0 radical (unpaired) electrons. The molecule has 130 valence electrons. The molecule has 0 atom stereocenters. The zero-order valence-corrected chi connectivity index (χ0v) is 14.5. The van der Waals surface area contributed by atoms with E-state index in [1.54, 1.807) is 20.2 Å². The fourth-order valence-electron chi connectivity index (χ4n) is 2.04. The maximum absolute atomic E-state index is 10.3. The van der Waals surface area contributed by atoms with Crippen LogP contribution in [0.1, 0.15) is 5.56 Å². The predicted octanol–water partition coefficient (Wildman–Crippen LogP) is 3.37. The van der Waals surface area contributed by atoms with E-state index in [0.717, 1.165) is 10.9 Å². The van der Waals surface area contributed by atoms with Crippen LogP contribution in [0.15, 0.2) is 38.7 Å². The van der Waals surface area contributed by atoms with Crippen LogP contribution in [0, 0.1) is 6.92 Å². The van der Waals surface area contributed by atoms with Crippen molar-refractivity contribution in [3.63, 3.8) is 0 Å². The molecule has 24 heavy (non-hydrogen) atoms. The first-order valence-corrected chi connectivity index (χ1v) is 8.51. The van der Waals surface area contributed by atoms with Crippen molar-refractivity contribution in [3.05, 3.63) is 23.8 Å². The normalized spacial score (nSPS) is 11.9. The maximum atomic E-state index is 10.3. The van der Waals surface area contributed by atoms with Crippen LogP contribution in [-0.2, 0) is 10.1 Å². The first kappa shape index (κ1) is 19.5. The Morgan fingerprint density at radius 2 is 1.67 bits per heavy atom. The highest BCUT2D eigenvalue weighted by Crippen LogP contribution is 2.43. The van der Waals surface area contributed by atoms with Gasteiger partial charge in [-0.2, -0.15) is 28.9 Å². The number of aromatic hydroxyl groups is 1. The highest BCUT2D eigenvalue weighted by Gasteiger charge is 2.14. The van der Waals surface area contributed by atoms with E-state index in [4.69, 9.17) is 10.3 Å². The van der Waals surface area contributed by atoms with Crippen molar-refractivity contribution in [1.82, 2.24) is 0 Å². The second kappa shape index (κ2) is 7.79. The van der Waals surface area contributed by atoms with Crippen molar-refractivity contribution in [3.8, 4) is 5.75 Å². The number of fused-ring (bicyclic) bond motifs is 1. The number of nitrogens with zero attached hydrogens (tertiary/aromatic N) is 4. The van der Waals surface area contributed by atoms with Gasteiger partial charge in [0.05, 0.1) is 17.3 Å². The van der Waals surface area contributed by atoms with Crippen LogP contribution in [-0.4, -0.2) is 38.4 Å². The Hall–Kier alpha value is -2.59. The van der Waals surface area contributed by atoms with Crippen molar-refractivity contribution in [2.75, 3.05) is 26.1 Å². The molecule has 9 nitrogen and oxygen atoms in total. The third-order valence-electron chi connectivity index (χ3n) is 2.87. The zero-order valence-electron chi connectivity index (χ0n) is 13.7. The second-order valence-electron chi connectivity index (χ2n) is 4.82. The monoisotopic (exact) mass is 353 g/mol. The number of hydrogen-bond acceptors (Lipinski definition) is 8. The van der Waals surface area contributed by atoms with Gasteiger partial charge in [0.25, 0.3) is 10.1 Å². The molecule has 0 aromatic heterocycles. The van der Waals surface area contributed by atoms with Gasteiger partial charge in [-0.25, -0.2) is 0 Å². The Morgan fingerprint density at radius 1 is 1.12 bits per heavy atom. The van der Waals surface area contributed by atoms with E-state index in [1.807, 2.05) is 19.1 Å². The summed E-state index contributed by atoms with van der Waals surface area (Å²) in [6.45, 7) is 1.86. The van der Waals surface area contributed by atoms with Gasteiger partial charge in [-0.15, -0.1) is 0 Å². The Bertz CT molecular complexity index is 899. The van der Waals surface area contributed by atoms with Crippen molar-refractivity contribution < 1.29 is 18.1 Å².